The normalized spacial score (nSPS) is 11.4. The van der Waals surface area contributed by atoms with Crippen molar-refractivity contribution >= 4 is 17.5 Å². The summed E-state index contributed by atoms with van der Waals surface area (Å²) in [5, 5.41) is 3.34. The summed E-state index contributed by atoms with van der Waals surface area (Å²) in [5.41, 5.74) is 0.620. The molecular formula is C18H13ClF3N3. The first-order chi connectivity index (χ1) is 11.9. The summed E-state index contributed by atoms with van der Waals surface area (Å²) in [5.74, 6) is -0.0800. The number of nitrogens with one attached hydrogen (secondary N) is 1. The van der Waals surface area contributed by atoms with Crippen LogP contribution in [0.4, 0.5) is 19.1 Å². The molecule has 3 nitrogen and oxygen atoms in total. The van der Waals surface area contributed by atoms with Crippen molar-refractivity contribution in [1.82, 2.24) is 9.97 Å². The summed E-state index contributed by atoms with van der Waals surface area (Å²) >= 11 is 5.83. The lowest BCUT2D eigenvalue weighted by Crippen LogP contribution is -2.12. The van der Waals surface area contributed by atoms with Gasteiger partial charge in [-0.2, -0.15) is 13.2 Å². The van der Waals surface area contributed by atoms with E-state index in [1.807, 2.05) is 30.3 Å². The highest BCUT2D eigenvalue weighted by molar-refractivity contribution is 6.30. The van der Waals surface area contributed by atoms with E-state index in [-0.39, 0.29) is 11.6 Å². The molecule has 0 fully saturated rings. The Morgan fingerprint density at radius 1 is 0.920 bits per heavy atom. The molecule has 3 rings (SSSR count). The molecule has 0 bridgehead atoms. The number of rotatable bonds is 4. The van der Waals surface area contributed by atoms with Crippen LogP contribution in [0, 0.1) is 0 Å². The number of aromatic nitrogens is 2. The summed E-state index contributed by atoms with van der Waals surface area (Å²) in [6.45, 7) is 0.322. The highest BCUT2D eigenvalue weighted by Crippen LogP contribution is 2.31. The van der Waals surface area contributed by atoms with Crippen molar-refractivity contribution in [3.05, 3.63) is 76.9 Å². The van der Waals surface area contributed by atoms with Crippen molar-refractivity contribution in [2.45, 2.75) is 12.7 Å². The number of nitrogens with zero attached hydrogens (tertiary/aromatic N) is 2. The number of halogens is 4. The zero-order chi connectivity index (χ0) is 17.9. The van der Waals surface area contributed by atoms with Gasteiger partial charge < -0.3 is 5.32 Å². The second kappa shape index (κ2) is 7.11. The van der Waals surface area contributed by atoms with Gasteiger partial charge in [0.25, 0.3) is 0 Å². The second-order valence-electron chi connectivity index (χ2n) is 5.31. The van der Waals surface area contributed by atoms with Gasteiger partial charge in [-0.25, -0.2) is 9.97 Å². The molecule has 0 saturated carbocycles. The van der Waals surface area contributed by atoms with Crippen molar-refractivity contribution < 1.29 is 13.2 Å². The highest BCUT2D eigenvalue weighted by Gasteiger charge is 2.33. The van der Waals surface area contributed by atoms with E-state index in [9.17, 15) is 13.2 Å². The van der Waals surface area contributed by atoms with Gasteiger partial charge in [0.05, 0.1) is 5.69 Å². The number of hydrogen-bond acceptors (Lipinski definition) is 3. The van der Waals surface area contributed by atoms with Gasteiger partial charge in [0.15, 0.2) is 5.69 Å². The SMILES string of the molecule is FC(F)(F)c1cc(-c2ccc(Cl)cc2)nc(NCc2ccccc2)n1. The molecule has 0 amide bonds. The molecule has 7 heteroatoms. The first kappa shape index (κ1) is 17.2. The van der Waals surface area contributed by atoms with Crippen molar-refractivity contribution in [3.8, 4) is 11.3 Å². The van der Waals surface area contributed by atoms with Crippen LogP contribution >= 0.6 is 11.6 Å². The molecule has 0 spiro atoms. The fraction of sp³-hybridized carbons (Fsp3) is 0.111. The zero-order valence-electron chi connectivity index (χ0n) is 12.9. The van der Waals surface area contributed by atoms with Gasteiger partial charge in [-0.1, -0.05) is 54.1 Å². The van der Waals surface area contributed by atoms with E-state index in [2.05, 4.69) is 15.3 Å². The van der Waals surface area contributed by atoms with Gasteiger partial charge in [0.2, 0.25) is 5.95 Å². The van der Waals surface area contributed by atoms with Gasteiger partial charge in [0, 0.05) is 17.1 Å². The summed E-state index contributed by atoms with van der Waals surface area (Å²) < 4.78 is 39.5. The Morgan fingerprint density at radius 3 is 2.24 bits per heavy atom. The number of benzene rings is 2. The average Bonchev–Trinajstić information content (AvgIpc) is 2.60. The fourth-order valence-electron chi connectivity index (χ4n) is 2.22. The quantitative estimate of drug-likeness (QED) is 0.671. The van der Waals surface area contributed by atoms with Gasteiger partial charge in [-0.05, 0) is 23.8 Å². The maximum Gasteiger partial charge on any atom is 0.433 e. The summed E-state index contributed by atoms with van der Waals surface area (Å²) in [6, 6.07) is 16.7. The molecule has 0 aliphatic carbocycles. The van der Waals surface area contributed by atoms with Crippen molar-refractivity contribution in [2.75, 3.05) is 5.32 Å². The van der Waals surface area contributed by atoms with Crippen LogP contribution < -0.4 is 5.32 Å². The van der Waals surface area contributed by atoms with Crippen molar-refractivity contribution in [2.24, 2.45) is 0 Å². The Labute approximate surface area is 147 Å². The Hall–Kier alpha value is -2.60. The molecule has 3 aromatic rings. The van der Waals surface area contributed by atoms with Crippen LogP contribution in [-0.4, -0.2) is 9.97 Å². The molecule has 0 aliphatic heterocycles. The van der Waals surface area contributed by atoms with Gasteiger partial charge in [-0.3, -0.25) is 0 Å². The van der Waals surface area contributed by atoms with Gasteiger partial charge >= 0.3 is 6.18 Å². The molecule has 1 heterocycles. The van der Waals surface area contributed by atoms with Crippen molar-refractivity contribution in [1.29, 1.82) is 0 Å². The summed E-state index contributed by atoms with van der Waals surface area (Å²) in [4.78, 5) is 7.79. The van der Waals surface area contributed by atoms with E-state index < -0.39 is 11.9 Å². The molecule has 1 aromatic heterocycles. The molecule has 0 saturated heterocycles. The van der Waals surface area contributed by atoms with E-state index in [0.717, 1.165) is 11.6 Å². The standard InChI is InChI=1S/C18H13ClF3N3/c19-14-8-6-13(7-9-14)15-10-16(18(20,21)22)25-17(24-15)23-11-12-4-2-1-3-5-12/h1-10H,11H2,(H,23,24,25). The topological polar surface area (TPSA) is 37.8 Å². The second-order valence-corrected chi connectivity index (χ2v) is 5.74. The smallest absolute Gasteiger partial charge is 0.350 e. The lowest BCUT2D eigenvalue weighted by molar-refractivity contribution is -0.141. The molecule has 0 atom stereocenters. The number of hydrogen-bond donors (Lipinski definition) is 1. The monoisotopic (exact) mass is 363 g/mol. The minimum absolute atomic E-state index is 0.0800. The third-order valence-corrected chi connectivity index (χ3v) is 3.70. The number of anilines is 1. The Balaban J connectivity index is 1.94. The van der Waals surface area contributed by atoms with Gasteiger partial charge in [0.1, 0.15) is 0 Å². The van der Waals surface area contributed by atoms with Crippen LogP contribution in [0.5, 0.6) is 0 Å². The Kier molecular flexibility index (Phi) is 4.90. The zero-order valence-corrected chi connectivity index (χ0v) is 13.6. The van der Waals surface area contributed by atoms with Crippen LogP contribution in [0.2, 0.25) is 5.02 Å². The molecule has 2 aromatic carbocycles. The minimum Gasteiger partial charge on any atom is -0.350 e. The first-order valence-electron chi connectivity index (χ1n) is 7.42. The average molecular weight is 364 g/mol. The van der Waals surface area contributed by atoms with Crippen LogP contribution in [-0.2, 0) is 12.7 Å². The maximum absolute atomic E-state index is 13.2. The molecule has 0 aliphatic rings. The molecule has 0 radical (unpaired) electrons. The van der Waals surface area contributed by atoms with E-state index in [1.54, 1.807) is 24.3 Å². The first-order valence-corrected chi connectivity index (χ1v) is 7.79. The molecule has 25 heavy (non-hydrogen) atoms. The maximum atomic E-state index is 13.2. The lowest BCUT2D eigenvalue weighted by atomic mass is 10.1. The van der Waals surface area contributed by atoms with Crippen LogP contribution in [0.25, 0.3) is 11.3 Å². The van der Waals surface area contributed by atoms with Crippen LogP contribution in [0.3, 0.4) is 0 Å². The molecule has 1 N–H and O–H groups in total. The Bertz CT molecular complexity index is 850. The third-order valence-electron chi connectivity index (χ3n) is 3.45. The summed E-state index contributed by atoms with van der Waals surface area (Å²) in [6.07, 6.45) is -4.56. The minimum atomic E-state index is -4.56. The van der Waals surface area contributed by atoms with E-state index in [4.69, 9.17) is 11.6 Å². The van der Waals surface area contributed by atoms with Gasteiger partial charge in [-0.15, -0.1) is 0 Å². The lowest BCUT2D eigenvalue weighted by Gasteiger charge is -2.12. The van der Waals surface area contributed by atoms with Crippen LogP contribution in [0.15, 0.2) is 60.7 Å². The predicted octanol–water partition coefficient (Wildman–Crippen LogP) is 5.43. The van der Waals surface area contributed by atoms with E-state index in [1.165, 1.54) is 0 Å². The number of alkyl halides is 3. The predicted molar refractivity (Wildman–Crippen MR) is 91.2 cm³/mol. The highest BCUT2D eigenvalue weighted by atomic mass is 35.5. The Morgan fingerprint density at radius 2 is 1.60 bits per heavy atom. The van der Waals surface area contributed by atoms with E-state index >= 15 is 0 Å². The largest absolute Gasteiger partial charge is 0.433 e. The molecule has 0 unspecified atom stereocenters. The summed E-state index contributed by atoms with van der Waals surface area (Å²) in [7, 11) is 0. The van der Waals surface area contributed by atoms with E-state index in [0.29, 0.717) is 17.1 Å². The molecular weight excluding hydrogens is 351 g/mol. The van der Waals surface area contributed by atoms with Crippen LogP contribution in [0.1, 0.15) is 11.3 Å². The third kappa shape index (κ3) is 4.48. The fourth-order valence-corrected chi connectivity index (χ4v) is 2.34. The molecule has 128 valence electrons. The van der Waals surface area contributed by atoms with Crippen molar-refractivity contribution in [3.63, 3.8) is 0 Å².